The van der Waals surface area contributed by atoms with Crippen molar-refractivity contribution in [1.82, 2.24) is 15.4 Å². The minimum absolute atomic E-state index is 0.0246. The maximum absolute atomic E-state index is 11.7. The topological polar surface area (TPSA) is 97.3 Å². The SMILES string of the molecule is CCOC(=O)c1n[nH]nc1-c1ccc(OC)c(Cl)c1O. The van der Waals surface area contributed by atoms with Crippen molar-refractivity contribution in [2.75, 3.05) is 13.7 Å². The molecule has 2 rings (SSSR count). The van der Waals surface area contributed by atoms with Gasteiger partial charge in [-0.25, -0.2) is 4.79 Å². The number of phenolic OH excluding ortho intramolecular Hbond substituents is 1. The third-order valence-corrected chi connectivity index (χ3v) is 2.94. The molecule has 7 nitrogen and oxygen atoms in total. The molecule has 2 N–H and O–H groups in total. The van der Waals surface area contributed by atoms with Crippen LogP contribution in [0.25, 0.3) is 11.3 Å². The first-order valence-corrected chi connectivity index (χ1v) is 6.11. The molecule has 0 fully saturated rings. The lowest BCUT2D eigenvalue weighted by Gasteiger charge is -2.08. The number of nitrogens with one attached hydrogen (secondary N) is 1. The van der Waals surface area contributed by atoms with Crippen LogP contribution >= 0.6 is 11.6 Å². The summed E-state index contributed by atoms with van der Waals surface area (Å²) in [5.41, 5.74) is 0.390. The quantitative estimate of drug-likeness (QED) is 0.838. The highest BCUT2D eigenvalue weighted by atomic mass is 35.5. The van der Waals surface area contributed by atoms with Crippen LogP contribution in [0.5, 0.6) is 11.5 Å². The molecule has 0 amide bonds. The van der Waals surface area contributed by atoms with E-state index in [9.17, 15) is 9.90 Å². The van der Waals surface area contributed by atoms with Crippen LogP contribution in [-0.2, 0) is 4.74 Å². The number of hydrogen-bond donors (Lipinski definition) is 2. The van der Waals surface area contributed by atoms with Gasteiger partial charge in [-0.15, -0.1) is 5.10 Å². The van der Waals surface area contributed by atoms with E-state index in [-0.39, 0.29) is 34.3 Å². The van der Waals surface area contributed by atoms with E-state index in [2.05, 4.69) is 15.4 Å². The number of H-pyrrole nitrogens is 1. The zero-order valence-corrected chi connectivity index (χ0v) is 11.6. The highest BCUT2D eigenvalue weighted by Gasteiger charge is 2.23. The lowest BCUT2D eigenvalue weighted by Crippen LogP contribution is -2.06. The fourth-order valence-electron chi connectivity index (χ4n) is 1.66. The summed E-state index contributed by atoms with van der Waals surface area (Å²) in [7, 11) is 1.43. The number of aromatic nitrogens is 3. The van der Waals surface area contributed by atoms with Gasteiger partial charge in [0, 0.05) is 5.56 Å². The van der Waals surface area contributed by atoms with Crippen molar-refractivity contribution in [2.24, 2.45) is 0 Å². The van der Waals surface area contributed by atoms with Gasteiger partial charge >= 0.3 is 5.97 Å². The summed E-state index contributed by atoms with van der Waals surface area (Å²) >= 11 is 5.96. The maximum atomic E-state index is 11.7. The first-order valence-electron chi connectivity index (χ1n) is 5.73. The minimum atomic E-state index is -0.636. The number of hydrogen-bond acceptors (Lipinski definition) is 6. The van der Waals surface area contributed by atoms with E-state index in [1.54, 1.807) is 13.0 Å². The van der Waals surface area contributed by atoms with Gasteiger partial charge in [-0.2, -0.15) is 10.3 Å². The molecular formula is C12H12ClN3O4. The van der Waals surface area contributed by atoms with Crippen LogP contribution in [0.15, 0.2) is 12.1 Å². The molecule has 0 saturated heterocycles. The van der Waals surface area contributed by atoms with Crippen LogP contribution in [0.3, 0.4) is 0 Å². The highest BCUT2D eigenvalue weighted by Crippen LogP contribution is 2.40. The van der Waals surface area contributed by atoms with E-state index in [1.807, 2.05) is 0 Å². The van der Waals surface area contributed by atoms with Gasteiger partial charge in [-0.05, 0) is 19.1 Å². The van der Waals surface area contributed by atoms with E-state index in [0.717, 1.165) is 0 Å². The second kappa shape index (κ2) is 5.79. The van der Waals surface area contributed by atoms with Gasteiger partial charge in [0.2, 0.25) is 0 Å². The standard InChI is InChI=1S/C12H12ClN3O4/c1-3-20-12(18)10-9(14-16-15-10)6-4-5-7(19-2)8(13)11(6)17/h4-5,17H,3H2,1-2H3,(H,14,15,16). The van der Waals surface area contributed by atoms with E-state index >= 15 is 0 Å². The van der Waals surface area contributed by atoms with Crippen molar-refractivity contribution in [2.45, 2.75) is 6.92 Å². The van der Waals surface area contributed by atoms with Crippen molar-refractivity contribution in [1.29, 1.82) is 0 Å². The molecule has 0 aliphatic heterocycles. The fourth-order valence-corrected chi connectivity index (χ4v) is 1.90. The highest BCUT2D eigenvalue weighted by molar-refractivity contribution is 6.34. The normalized spacial score (nSPS) is 10.3. The van der Waals surface area contributed by atoms with Crippen LogP contribution in [-0.4, -0.2) is 40.2 Å². The number of halogens is 1. The van der Waals surface area contributed by atoms with Gasteiger partial charge in [0.1, 0.15) is 22.2 Å². The predicted molar refractivity (Wildman–Crippen MR) is 71.0 cm³/mol. The van der Waals surface area contributed by atoms with E-state index in [4.69, 9.17) is 21.1 Å². The van der Waals surface area contributed by atoms with Crippen molar-refractivity contribution in [3.05, 3.63) is 22.8 Å². The van der Waals surface area contributed by atoms with Gasteiger partial charge in [0.15, 0.2) is 5.69 Å². The Labute approximate surface area is 119 Å². The van der Waals surface area contributed by atoms with Crippen LogP contribution in [0, 0.1) is 0 Å². The lowest BCUT2D eigenvalue weighted by molar-refractivity contribution is 0.0520. The summed E-state index contributed by atoms with van der Waals surface area (Å²) in [6.07, 6.45) is 0. The molecule has 0 unspecified atom stereocenters. The summed E-state index contributed by atoms with van der Waals surface area (Å²) in [6.45, 7) is 1.89. The van der Waals surface area contributed by atoms with Crippen molar-refractivity contribution < 1.29 is 19.4 Å². The van der Waals surface area contributed by atoms with Crippen molar-refractivity contribution in [3.8, 4) is 22.8 Å². The second-order valence-electron chi connectivity index (χ2n) is 3.72. The molecule has 1 heterocycles. The molecule has 0 spiro atoms. The molecule has 0 saturated carbocycles. The Morgan fingerprint density at radius 1 is 1.45 bits per heavy atom. The van der Waals surface area contributed by atoms with E-state index < -0.39 is 5.97 Å². The molecule has 0 bridgehead atoms. The van der Waals surface area contributed by atoms with Crippen LogP contribution in [0.4, 0.5) is 0 Å². The third-order valence-electron chi connectivity index (χ3n) is 2.57. The van der Waals surface area contributed by atoms with Gasteiger partial charge in [0.05, 0.1) is 13.7 Å². The van der Waals surface area contributed by atoms with Crippen LogP contribution in [0.1, 0.15) is 17.4 Å². The van der Waals surface area contributed by atoms with Crippen LogP contribution in [0.2, 0.25) is 5.02 Å². The Hall–Kier alpha value is -2.28. The summed E-state index contributed by atoms with van der Waals surface area (Å²) in [5, 5.41) is 20.0. The zero-order chi connectivity index (χ0) is 14.7. The number of phenols is 1. The van der Waals surface area contributed by atoms with Gasteiger partial charge in [0.25, 0.3) is 0 Å². The van der Waals surface area contributed by atoms with Crippen LogP contribution < -0.4 is 4.74 Å². The predicted octanol–water partition coefficient (Wildman–Crippen LogP) is 2.02. The number of benzene rings is 1. The molecule has 1 aromatic heterocycles. The maximum Gasteiger partial charge on any atom is 0.361 e. The summed E-state index contributed by atoms with van der Waals surface area (Å²) in [5.74, 6) is -0.567. The van der Waals surface area contributed by atoms with E-state index in [0.29, 0.717) is 5.75 Å². The molecule has 0 atom stereocenters. The molecule has 2 aromatic rings. The van der Waals surface area contributed by atoms with Gasteiger partial charge in [-0.1, -0.05) is 11.6 Å². The van der Waals surface area contributed by atoms with Crippen molar-refractivity contribution in [3.63, 3.8) is 0 Å². The first-order chi connectivity index (χ1) is 9.60. The van der Waals surface area contributed by atoms with Gasteiger partial charge < -0.3 is 14.6 Å². The minimum Gasteiger partial charge on any atom is -0.506 e. The second-order valence-corrected chi connectivity index (χ2v) is 4.10. The molecule has 8 heteroatoms. The molecule has 0 aliphatic carbocycles. The Morgan fingerprint density at radius 2 is 2.20 bits per heavy atom. The fraction of sp³-hybridized carbons (Fsp3) is 0.250. The monoisotopic (exact) mass is 297 g/mol. The largest absolute Gasteiger partial charge is 0.506 e. The smallest absolute Gasteiger partial charge is 0.361 e. The average molecular weight is 298 g/mol. The molecule has 20 heavy (non-hydrogen) atoms. The number of nitrogens with zero attached hydrogens (tertiary/aromatic N) is 2. The Balaban J connectivity index is 2.51. The molecule has 0 aliphatic rings. The average Bonchev–Trinajstić information content (AvgIpc) is 2.91. The number of methoxy groups -OCH3 is 1. The lowest BCUT2D eigenvalue weighted by atomic mass is 10.1. The summed E-state index contributed by atoms with van der Waals surface area (Å²) < 4.78 is 9.85. The molecule has 0 radical (unpaired) electrons. The number of aromatic hydroxyl groups is 1. The number of ether oxygens (including phenoxy) is 2. The Morgan fingerprint density at radius 3 is 2.85 bits per heavy atom. The summed E-state index contributed by atoms with van der Waals surface area (Å²) in [6, 6.07) is 3.08. The number of aromatic amines is 1. The molecule has 106 valence electrons. The number of rotatable bonds is 4. The molecular weight excluding hydrogens is 286 g/mol. The number of carbonyl (C=O) groups excluding carboxylic acids is 1. The number of carbonyl (C=O) groups is 1. The van der Waals surface area contributed by atoms with Crippen molar-refractivity contribution >= 4 is 17.6 Å². The first kappa shape index (κ1) is 14.1. The number of esters is 1. The Bertz CT molecular complexity index is 642. The Kier molecular flexibility index (Phi) is 4.09. The zero-order valence-electron chi connectivity index (χ0n) is 10.8. The molecule has 1 aromatic carbocycles. The third kappa shape index (κ3) is 2.39. The van der Waals surface area contributed by atoms with E-state index in [1.165, 1.54) is 13.2 Å². The van der Waals surface area contributed by atoms with Gasteiger partial charge in [-0.3, -0.25) is 0 Å². The summed E-state index contributed by atoms with van der Waals surface area (Å²) in [4.78, 5) is 11.7.